The summed E-state index contributed by atoms with van der Waals surface area (Å²) in [7, 11) is 0. The van der Waals surface area contributed by atoms with E-state index < -0.39 is 0 Å². The molecule has 17 heavy (non-hydrogen) atoms. The van der Waals surface area contributed by atoms with Crippen LogP contribution in [0.5, 0.6) is 5.75 Å². The minimum absolute atomic E-state index is 0.659. The molecule has 0 saturated carbocycles. The molecular formula is C13H21N3O. The SMILES string of the molecule is CC.Cc1cn2cc(OCCCN)ccc2n1. The molecular weight excluding hydrogens is 214 g/mol. The van der Waals surface area contributed by atoms with E-state index in [9.17, 15) is 0 Å². The molecule has 2 aromatic rings. The molecule has 0 aromatic carbocycles. The second kappa shape index (κ2) is 6.91. The summed E-state index contributed by atoms with van der Waals surface area (Å²) in [5.41, 5.74) is 7.34. The second-order valence-corrected chi connectivity index (χ2v) is 3.50. The number of imidazole rings is 1. The molecule has 0 spiro atoms. The summed E-state index contributed by atoms with van der Waals surface area (Å²) < 4.78 is 7.50. The Labute approximate surface area is 102 Å². The Kier molecular flexibility index (Phi) is 5.49. The highest BCUT2D eigenvalue weighted by atomic mass is 16.5. The van der Waals surface area contributed by atoms with Crippen LogP contribution in [0.25, 0.3) is 5.65 Å². The summed E-state index contributed by atoms with van der Waals surface area (Å²) in [5, 5.41) is 0. The van der Waals surface area contributed by atoms with E-state index in [2.05, 4.69) is 4.98 Å². The van der Waals surface area contributed by atoms with Crippen molar-refractivity contribution in [2.45, 2.75) is 27.2 Å². The van der Waals surface area contributed by atoms with Crippen molar-refractivity contribution in [3.63, 3.8) is 0 Å². The van der Waals surface area contributed by atoms with Gasteiger partial charge in [-0.2, -0.15) is 0 Å². The molecule has 0 aliphatic carbocycles. The fourth-order valence-electron chi connectivity index (χ4n) is 1.46. The summed E-state index contributed by atoms with van der Waals surface area (Å²) in [5.74, 6) is 0.855. The third kappa shape index (κ3) is 3.75. The maximum absolute atomic E-state index is 5.54. The van der Waals surface area contributed by atoms with E-state index in [-0.39, 0.29) is 0 Å². The van der Waals surface area contributed by atoms with Gasteiger partial charge in [0.25, 0.3) is 0 Å². The first kappa shape index (κ1) is 13.5. The van der Waals surface area contributed by atoms with E-state index in [0.29, 0.717) is 13.2 Å². The number of hydrogen-bond acceptors (Lipinski definition) is 3. The number of ether oxygens (including phenoxy) is 1. The van der Waals surface area contributed by atoms with Crippen LogP contribution < -0.4 is 10.5 Å². The van der Waals surface area contributed by atoms with Gasteiger partial charge in [0.05, 0.1) is 18.5 Å². The monoisotopic (exact) mass is 235 g/mol. The van der Waals surface area contributed by atoms with Gasteiger partial charge in [-0.1, -0.05) is 13.8 Å². The average molecular weight is 235 g/mol. The maximum atomic E-state index is 5.54. The Morgan fingerprint density at radius 3 is 2.76 bits per heavy atom. The molecule has 0 bridgehead atoms. The molecule has 2 N–H and O–H groups in total. The minimum atomic E-state index is 0.659. The molecule has 94 valence electrons. The molecule has 4 heteroatoms. The molecule has 0 saturated heterocycles. The fraction of sp³-hybridized carbons (Fsp3) is 0.462. The van der Waals surface area contributed by atoms with Crippen molar-refractivity contribution in [1.82, 2.24) is 9.38 Å². The normalized spacial score (nSPS) is 9.88. The van der Waals surface area contributed by atoms with Gasteiger partial charge in [-0.05, 0) is 32.0 Å². The Balaban J connectivity index is 0.000000686. The van der Waals surface area contributed by atoms with E-state index in [4.69, 9.17) is 10.5 Å². The first-order valence-electron chi connectivity index (χ1n) is 6.08. The van der Waals surface area contributed by atoms with Crippen molar-refractivity contribution < 1.29 is 4.74 Å². The van der Waals surface area contributed by atoms with Crippen LogP contribution >= 0.6 is 0 Å². The fourth-order valence-corrected chi connectivity index (χ4v) is 1.46. The Bertz CT molecular complexity index is 451. The number of fused-ring (bicyclic) bond motifs is 1. The zero-order valence-electron chi connectivity index (χ0n) is 10.8. The number of aromatic nitrogens is 2. The molecule has 0 radical (unpaired) electrons. The zero-order valence-corrected chi connectivity index (χ0v) is 10.8. The predicted octanol–water partition coefficient (Wildman–Crippen LogP) is 2.40. The van der Waals surface area contributed by atoms with Gasteiger partial charge < -0.3 is 14.9 Å². The third-order valence-electron chi connectivity index (χ3n) is 2.16. The van der Waals surface area contributed by atoms with E-state index >= 15 is 0 Å². The van der Waals surface area contributed by atoms with E-state index in [1.807, 2.05) is 49.7 Å². The Hall–Kier alpha value is -1.55. The van der Waals surface area contributed by atoms with E-state index in [0.717, 1.165) is 23.5 Å². The lowest BCUT2D eigenvalue weighted by atomic mass is 10.4. The van der Waals surface area contributed by atoms with Crippen molar-refractivity contribution >= 4 is 5.65 Å². The van der Waals surface area contributed by atoms with Crippen LogP contribution in [0.4, 0.5) is 0 Å². The lowest BCUT2D eigenvalue weighted by Crippen LogP contribution is -2.06. The number of pyridine rings is 1. The first-order valence-corrected chi connectivity index (χ1v) is 6.08. The highest BCUT2D eigenvalue weighted by Crippen LogP contribution is 2.13. The molecule has 0 fully saturated rings. The molecule has 2 heterocycles. The Morgan fingerprint density at radius 2 is 2.06 bits per heavy atom. The highest BCUT2D eigenvalue weighted by molar-refractivity contribution is 5.42. The van der Waals surface area contributed by atoms with Gasteiger partial charge >= 0.3 is 0 Å². The first-order chi connectivity index (χ1) is 8.29. The van der Waals surface area contributed by atoms with Crippen molar-refractivity contribution in [2.24, 2.45) is 5.73 Å². The smallest absolute Gasteiger partial charge is 0.137 e. The van der Waals surface area contributed by atoms with Gasteiger partial charge in [-0.15, -0.1) is 0 Å². The van der Waals surface area contributed by atoms with E-state index in [1.54, 1.807) is 0 Å². The molecule has 2 aromatic heterocycles. The lowest BCUT2D eigenvalue weighted by Gasteiger charge is -2.05. The van der Waals surface area contributed by atoms with Crippen molar-refractivity contribution in [3.05, 3.63) is 30.2 Å². The maximum Gasteiger partial charge on any atom is 0.137 e. The largest absolute Gasteiger partial charge is 0.492 e. The number of hydrogen-bond donors (Lipinski definition) is 1. The molecule has 0 aliphatic rings. The molecule has 0 aliphatic heterocycles. The van der Waals surface area contributed by atoms with Crippen molar-refractivity contribution in [1.29, 1.82) is 0 Å². The van der Waals surface area contributed by atoms with Crippen molar-refractivity contribution in [3.8, 4) is 5.75 Å². The summed E-state index contributed by atoms with van der Waals surface area (Å²) in [6.07, 6.45) is 4.79. The van der Waals surface area contributed by atoms with Gasteiger partial charge in [0.15, 0.2) is 0 Å². The van der Waals surface area contributed by atoms with Gasteiger partial charge in [-0.25, -0.2) is 4.98 Å². The van der Waals surface area contributed by atoms with Crippen LogP contribution in [0.15, 0.2) is 24.5 Å². The minimum Gasteiger partial charge on any atom is -0.492 e. The highest BCUT2D eigenvalue weighted by Gasteiger charge is 1.99. The average Bonchev–Trinajstić information content (AvgIpc) is 2.71. The number of rotatable bonds is 4. The lowest BCUT2D eigenvalue weighted by molar-refractivity contribution is 0.312. The van der Waals surface area contributed by atoms with Gasteiger partial charge in [0.1, 0.15) is 11.4 Å². The summed E-state index contributed by atoms with van der Waals surface area (Å²) in [4.78, 5) is 4.34. The topological polar surface area (TPSA) is 52.5 Å². The zero-order chi connectivity index (χ0) is 12.7. The molecule has 0 atom stereocenters. The number of nitrogens with two attached hydrogens (primary N) is 1. The van der Waals surface area contributed by atoms with Gasteiger partial charge in [0, 0.05) is 6.20 Å². The molecule has 0 unspecified atom stereocenters. The van der Waals surface area contributed by atoms with Crippen LogP contribution in [-0.2, 0) is 0 Å². The summed E-state index contributed by atoms with van der Waals surface area (Å²) in [6.45, 7) is 7.30. The van der Waals surface area contributed by atoms with Gasteiger partial charge in [-0.3, -0.25) is 0 Å². The van der Waals surface area contributed by atoms with Crippen LogP contribution in [0.3, 0.4) is 0 Å². The third-order valence-corrected chi connectivity index (χ3v) is 2.16. The second-order valence-electron chi connectivity index (χ2n) is 3.50. The number of nitrogens with zero attached hydrogens (tertiary/aromatic N) is 2. The van der Waals surface area contributed by atoms with E-state index in [1.165, 1.54) is 0 Å². The predicted molar refractivity (Wildman–Crippen MR) is 70.4 cm³/mol. The molecule has 4 nitrogen and oxygen atoms in total. The standard InChI is InChI=1S/C11H15N3O.C2H6/c1-9-7-14-8-10(15-6-2-5-12)3-4-11(14)13-9;1-2/h3-4,7-8H,2,5-6,12H2,1H3;1-2H3. The Morgan fingerprint density at radius 1 is 1.29 bits per heavy atom. The van der Waals surface area contributed by atoms with Crippen LogP contribution in [0, 0.1) is 6.92 Å². The summed E-state index contributed by atoms with van der Waals surface area (Å²) in [6, 6.07) is 3.88. The quantitative estimate of drug-likeness (QED) is 0.828. The van der Waals surface area contributed by atoms with Gasteiger partial charge in [0.2, 0.25) is 0 Å². The summed E-state index contributed by atoms with van der Waals surface area (Å²) >= 11 is 0. The van der Waals surface area contributed by atoms with Crippen LogP contribution in [0.1, 0.15) is 26.0 Å². The molecule has 0 amide bonds. The van der Waals surface area contributed by atoms with Crippen molar-refractivity contribution in [2.75, 3.05) is 13.2 Å². The molecule has 2 rings (SSSR count). The van der Waals surface area contributed by atoms with Crippen LogP contribution in [-0.4, -0.2) is 22.5 Å². The van der Waals surface area contributed by atoms with Crippen LogP contribution in [0.2, 0.25) is 0 Å². The number of aryl methyl sites for hydroxylation is 1.